The number of hydrogen-bond donors (Lipinski definition) is 1. The molecule has 0 unspecified atom stereocenters. The standard InChI is InChI=1S/C17H20N4/c1-20(14-7-5-6-13(10-14)11-18)12-16-15-8-3-4-9-17(15)21(2)19-16/h3-10H,11-12,18H2,1-2H3. The van der Waals surface area contributed by atoms with E-state index in [2.05, 4.69) is 47.4 Å². The van der Waals surface area contributed by atoms with E-state index in [1.165, 1.54) is 5.39 Å². The third-order valence-corrected chi connectivity index (χ3v) is 3.81. The van der Waals surface area contributed by atoms with Gasteiger partial charge in [-0.25, -0.2) is 0 Å². The van der Waals surface area contributed by atoms with Crippen LogP contribution >= 0.6 is 0 Å². The third kappa shape index (κ3) is 2.62. The average molecular weight is 280 g/mol. The van der Waals surface area contributed by atoms with Crippen LogP contribution in [0, 0.1) is 0 Å². The molecule has 21 heavy (non-hydrogen) atoms. The second-order valence-corrected chi connectivity index (χ2v) is 5.32. The molecule has 0 amide bonds. The maximum absolute atomic E-state index is 5.71. The zero-order chi connectivity index (χ0) is 14.8. The molecule has 0 fully saturated rings. The van der Waals surface area contributed by atoms with E-state index in [-0.39, 0.29) is 0 Å². The van der Waals surface area contributed by atoms with Crippen molar-refractivity contribution in [3.8, 4) is 0 Å². The Bertz CT molecular complexity index is 760. The molecule has 3 rings (SSSR count). The first kappa shape index (κ1) is 13.6. The topological polar surface area (TPSA) is 47.1 Å². The number of fused-ring (bicyclic) bond motifs is 1. The van der Waals surface area contributed by atoms with Crippen LogP contribution in [0.3, 0.4) is 0 Å². The Morgan fingerprint density at radius 2 is 1.95 bits per heavy atom. The number of aromatic nitrogens is 2. The molecule has 0 bridgehead atoms. The van der Waals surface area contributed by atoms with Gasteiger partial charge in [-0.15, -0.1) is 0 Å². The van der Waals surface area contributed by atoms with Gasteiger partial charge >= 0.3 is 0 Å². The van der Waals surface area contributed by atoms with Gasteiger partial charge in [0, 0.05) is 31.7 Å². The first-order valence-electron chi connectivity index (χ1n) is 7.10. The van der Waals surface area contributed by atoms with E-state index >= 15 is 0 Å². The van der Waals surface area contributed by atoms with Gasteiger partial charge < -0.3 is 10.6 Å². The average Bonchev–Trinajstić information content (AvgIpc) is 2.84. The summed E-state index contributed by atoms with van der Waals surface area (Å²) in [6.07, 6.45) is 0. The van der Waals surface area contributed by atoms with Crippen LogP contribution in [-0.2, 0) is 20.1 Å². The second-order valence-electron chi connectivity index (χ2n) is 5.32. The highest BCUT2D eigenvalue weighted by molar-refractivity contribution is 5.82. The molecule has 4 heteroatoms. The van der Waals surface area contributed by atoms with Crippen molar-refractivity contribution in [2.75, 3.05) is 11.9 Å². The fraction of sp³-hybridized carbons (Fsp3) is 0.235. The lowest BCUT2D eigenvalue weighted by molar-refractivity contribution is 0.754. The molecule has 0 aliphatic rings. The van der Waals surface area contributed by atoms with Crippen molar-refractivity contribution in [2.24, 2.45) is 12.8 Å². The van der Waals surface area contributed by atoms with Gasteiger partial charge in [-0.1, -0.05) is 30.3 Å². The normalized spacial score (nSPS) is 11.0. The summed E-state index contributed by atoms with van der Waals surface area (Å²) in [5.41, 5.74) is 10.3. The fourth-order valence-corrected chi connectivity index (χ4v) is 2.64. The third-order valence-electron chi connectivity index (χ3n) is 3.81. The van der Waals surface area contributed by atoms with Crippen molar-refractivity contribution in [2.45, 2.75) is 13.1 Å². The first-order valence-corrected chi connectivity index (χ1v) is 7.10. The number of benzene rings is 2. The molecular weight excluding hydrogens is 260 g/mol. The molecule has 0 atom stereocenters. The molecule has 3 aromatic rings. The Labute approximate surface area is 124 Å². The van der Waals surface area contributed by atoms with E-state index in [4.69, 9.17) is 5.73 Å². The summed E-state index contributed by atoms with van der Waals surface area (Å²) in [4.78, 5) is 2.20. The van der Waals surface area contributed by atoms with Crippen molar-refractivity contribution in [3.05, 3.63) is 59.8 Å². The summed E-state index contributed by atoms with van der Waals surface area (Å²) in [6, 6.07) is 16.7. The van der Waals surface area contributed by atoms with Crippen LogP contribution in [0.15, 0.2) is 48.5 Å². The lowest BCUT2D eigenvalue weighted by Crippen LogP contribution is -2.17. The van der Waals surface area contributed by atoms with E-state index in [0.717, 1.165) is 29.0 Å². The van der Waals surface area contributed by atoms with E-state index < -0.39 is 0 Å². The highest BCUT2D eigenvalue weighted by atomic mass is 15.3. The largest absolute Gasteiger partial charge is 0.369 e. The Morgan fingerprint density at radius 1 is 1.14 bits per heavy atom. The van der Waals surface area contributed by atoms with Crippen LogP contribution in [0.1, 0.15) is 11.3 Å². The summed E-state index contributed by atoms with van der Waals surface area (Å²) in [5, 5.41) is 5.86. The van der Waals surface area contributed by atoms with Gasteiger partial charge in [0.25, 0.3) is 0 Å². The summed E-state index contributed by atoms with van der Waals surface area (Å²) < 4.78 is 1.94. The summed E-state index contributed by atoms with van der Waals surface area (Å²) in [7, 11) is 4.07. The number of nitrogens with two attached hydrogens (primary N) is 1. The van der Waals surface area contributed by atoms with Crippen LogP contribution < -0.4 is 10.6 Å². The quantitative estimate of drug-likeness (QED) is 0.799. The van der Waals surface area contributed by atoms with Crippen LogP contribution in [0.2, 0.25) is 0 Å². The minimum Gasteiger partial charge on any atom is -0.369 e. The highest BCUT2D eigenvalue weighted by Gasteiger charge is 2.10. The molecule has 0 spiro atoms. The predicted molar refractivity (Wildman–Crippen MR) is 87.2 cm³/mol. The Hall–Kier alpha value is -2.33. The van der Waals surface area contributed by atoms with E-state index in [1.807, 2.05) is 29.9 Å². The molecule has 0 radical (unpaired) electrons. The van der Waals surface area contributed by atoms with Crippen molar-refractivity contribution in [1.82, 2.24) is 9.78 Å². The van der Waals surface area contributed by atoms with E-state index in [1.54, 1.807) is 0 Å². The van der Waals surface area contributed by atoms with Crippen LogP contribution in [0.25, 0.3) is 10.9 Å². The van der Waals surface area contributed by atoms with Crippen LogP contribution in [-0.4, -0.2) is 16.8 Å². The summed E-state index contributed by atoms with van der Waals surface area (Å²) >= 11 is 0. The highest BCUT2D eigenvalue weighted by Crippen LogP contribution is 2.22. The molecule has 0 aliphatic heterocycles. The van der Waals surface area contributed by atoms with Gasteiger partial charge in [0.05, 0.1) is 17.8 Å². The molecule has 2 N–H and O–H groups in total. The molecule has 0 saturated carbocycles. The summed E-state index contributed by atoms with van der Waals surface area (Å²) in [5.74, 6) is 0. The number of para-hydroxylation sites is 1. The Kier molecular flexibility index (Phi) is 3.62. The molecule has 108 valence electrons. The summed E-state index contributed by atoms with van der Waals surface area (Å²) in [6.45, 7) is 1.34. The van der Waals surface area contributed by atoms with Gasteiger partial charge in [-0.05, 0) is 23.8 Å². The molecule has 0 aliphatic carbocycles. The predicted octanol–water partition coefficient (Wildman–Crippen LogP) is 2.67. The molecule has 1 heterocycles. The SMILES string of the molecule is CN(Cc1nn(C)c2ccccc12)c1cccc(CN)c1. The molecule has 1 aromatic heterocycles. The maximum atomic E-state index is 5.71. The van der Waals surface area contributed by atoms with Crippen molar-refractivity contribution in [1.29, 1.82) is 0 Å². The van der Waals surface area contributed by atoms with Gasteiger partial charge in [-0.2, -0.15) is 5.10 Å². The van der Waals surface area contributed by atoms with Crippen molar-refractivity contribution < 1.29 is 0 Å². The molecule has 2 aromatic carbocycles. The Morgan fingerprint density at radius 3 is 2.76 bits per heavy atom. The maximum Gasteiger partial charge on any atom is 0.0896 e. The Balaban J connectivity index is 1.91. The minimum atomic E-state index is 0.564. The van der Waals surface area contributed by atoms with Crippen LogP contribution in [0.5, 0.6) is 0 Å². The lowest BCUT2D eigenvalue weighted by atomic mass is 10.1. The number of nitrogens with zero attached hydrogens (tertiary/aromatic N) is 3. The number of anilines is 1. The van der Waals surface area contributed by atoms with E-state index in [9.17, 15) is 0 Å². The number of hydrogen-bond acceptors (Lipinski definition) is 3. The van der Waals surface area contributed by atoms with Gasteiger partial charge in [0.2, 0.25) is 0 Å². The van der Waals surface area contributed by atoms with Crippen molar-refractivity contribution in [3.63, 3.8) is 0 Å². The smallest absolute Gasteiger partial charge is 0.0896 e. The van der Waals surface area contributed by atoms with Gasteiger partial charge in [0.1, 0.15) is 0 Å². The van der Waals surface area contributed by atoms with Gasteiger partial charge in [-0.3, -0.25) is 4.68 Å². The van der Waals surface area contributed by atoms with Crippen molar-refractivity contribution >= 4 is 16.6 Å². The fourth-order valence-electron chi connectivity index (χ4n) is 2.64. The molecule has 0 saturated heterocycles. The number of rotatable bonds is 4. The minimum absolute atomic E-state index is 0.564. The number of aryl methyl sites for hydroxylation is 1. The monoisotopic (exact) mass is 280 g/mol. The van der Waals surface area contributed by atoms with E-state index in [0.29, 0.717) is 6.54 Å². The lowest BCUT2D eigenvalue weighted by Gasteiger charge is -2.19. The van der Waals surface area contributed by atoms with Gasteiger partial charge in [0.15, 0.2) is 0 Å². The first-order chi connectivity index (χ1) is 10.2. The molecular formula is C17H20N4. The zero-order valence-electron chi connectivity index (χ0n) is 12.5. The molecule has 4 nitrogen and oxygen atoms in total. The second kappa shape index (κ2) is 5.58. The van der Waals surface area contributed by atoms with Crippen LogP contribution in [0.4, 0.5) is 5.69 Å². The zero-order valence-corrected chi connectivity index (χ0v) is 12.5.